The van der Waals surface area contributed by atoms with E-state index in [4.69, 9.17) is 11.6 Å². The molecule has 1 N–H and O–H groups in total. The van der Waals surface area contributed by atoms with Crippen LogP contribution < -0.4 is 5.43 Å². The fourth-order valence-electron chi connectivity index (χ4n) is 1.17. The van der Waals surface area contributed by atoms with Crippen LogP contribution in [0.4, 0.5) is 5.69 Å². The Morgan fingerprint density at radius 3 is 2.50 bits per heavy atom. The van der Waals surface area contributed by atoms with Crippen LogP contribution in [0.1, 0.15) is 5.69 Å². The maximum atomic E-state index is 5.98. The van der Waals surface area contributed by atoms with Gasteiger partial charge >= 0.3 is 0 Å². The van der Waals surface area contributed by atoms with Gasteiger partial charge in [-0.05, 0) is 24.3 Å². The minimum Gasteiger partial charge on any atom is -0.277 e. The molecular weight excluding hydrogens is 222 g/mol. The van der Waals surface area contributed by atoms with Crippen LogP contribution in [0.5, 0.6) is 0 Å². The van der Waals surface area contributed by atoms with Gasteiger partial charge in [0.05, 0.1) is 5.69 Å². The van der Waals surface area contributed by atoms with E-state index in [0.29, 0.717) is 10.9 Å². The van der Waals surface area contributed by atoms with Crippen molar-refractivity contribution in [3.63, 3.8) is 0 Å². The number of nitrogens with zero attached hydrogens (tertiary/aromatic N) is 2. The molecular formula is C12H10ClN3. The van der Waals surface area contributed by atoms with Crippen molar-refractivity contribution >= 4 is 22.5 Å². The van der Waals surface area contributed by atoms with Gasteiger partial charge in [-0.2, -0.15) is 5.10 Å². The fraction of sp³-hybridized carbons (Fsp3) is 0. The lowest BCUT2D eigenvalue weighted by molar-refractivity contribution is 1.27. The first-order valence-electron chi connectivity index (χ1n) is 4.82. The standard InChI is InChI=1S/C12H10ClN3/c13-12(11-8-4-5-9-14-11)16-15-10-6-2-1-3-7-10/h1-9,15H. The molecule has 3 nitrogen and oxygen atoms in total. The van der Waals surface area contributed by atoms with Crippen LogP contribution in [0, 0.1) is 0 Å². The van der Waals surface area contributed by atoms with Crippen LogP contribution >= 0.6 is 11.6 Å². The Bertz CT molecular complexity index is 468. The molecule has 1 aromatic heterocycles. The lowest BCUT2D eigenvalue weighted by Crippen LogP contribution is -1.98. The quantitative estimate of drug-likeness (QED) is 0.651. The highest BCUT2D eigenvalue weighted by molar-refractivity contribution is 6.69. The highest BCUT2D eigenvalue weighted by Crippen LogP contribution is 2.07. The van der Waals surface area contributed by atoms with Crippen molar-refractivity contribution in [1.29, 1.82) is 0 Å². The highest BCUT2D eigenvalue weighted by atomic mass is 35.5. The van der Waals surface area contributed by atoms with Crippen molar-refractivity contribution in [2.45, 2.75) is 0 Å². The molecule has 2 aromatic rings. The Morgan fingerprint density at radius 1 is 1.06 bits per heavy atom. The summed E-state index contributed by atoms with van der Waals surface area (Å²) in [6.07, 6.45) is 1.68. The first-order valence-corrected chi connectivity index (χ1v) is 5.20. The second kappa shape index (κ2) is 5.28. The SMILES string of the molecule is ClC(=NNc1ccccc1)c1ccccn1. The van der Waals surface area contributed by atoms with Crippen molar-refractivity contribution in [3.05, 3.63) is 60.4 Å². The number of halogens is 1. The van der Waals surface area contributed by atoms with Gasteiger partial charge < -0.3 is 0 Å². The number of nitrogens with one attached hydrogen (secondary N) is 1. The van der Waals surface area contributed by atoms with Gasteiger partial charge in [0.1, 0.15) is 5.69 Å². The van der Waals surface area contributed by atoms with Gasteiger partial charge in [-0.1, -0.05) is 35.9 Å². The minimum absolute atomic E-state index is 0.337. The van der Waals surface area contributed by atoms with E-state index >= 15 is 0 Å². The summed E-state index contributed by atoms with van der Waals surface area (Å²) in [6, 6.07) is 15.1. The highest BCUT2D eigenvalue weighted by Gasteiger charge is 1.99. The molecule has 0 aliphatic rings. The van der Waals surface area contributed by atoms with Crippen LogP contribution in [0.3, 0.4) is 0 Å². The van der Waals surface area contributed by atoms with Crippen molar-refractivity contribution < 1.29 is 0 Å². The van der Waals surface area contributed by atoms with Crippen LogP contribution in [-0.4, -0.2) is 10.2 Å². The second-order valence-electron chi connectivity index (χ2n) is 3.10. The Hall–Kier alpha value is -1.87. The van der Waals surface area contributed by atoms with Crippen LogP contribution in [-0.2, 0) is 0 Å². The van der Waals surface area contributed by atoms with Crippen molar-refractivity contribution in [2.24, 2.45) is 5.10 Å². The van der Waals surface area contributed by atoms with Crippen molar-refractivity contribution in [3.8, 4) is 0 Å². The fourth-order valence-corrected chi connectivity index (χ4v) is 1.32. The zero-order valence-electron chi connectivity index (χ0n) is 8.47. The van der Waals surface area contributed by atoms with E-state index in [1.54, 1.807) is 12.3 Å². The van der Waals surface area contributed by atoms with E-state index in [1.165, 1.54) is 0 Å². The molecule has 4 heteroatoms. The van der Waals surface area contributed by atoms with Crippen molar-refractivity contribution in [1.82, 2.24) is 4.98 Å². The number of pyridine rings is 1. The van der Waals surface area contributed by atoms with E-state index in [2.05, 4.69) is 15.5 Å². The maximum absolute atomic E-state index is 5.98. The summed E-state index contributed by atoms with van der Waals surface area (Å²) >= 11 is 5.98. The van der Waals surface area contributed by atoms with Gasteiger partial charge in [0.15, 0.2) is 5.17 Å². The minimum atomic E-state index is 0.337. The number of rotatable bonds is 3. The summed E-state index contributed by atoms with van der Waals surface area (Å²) in [5.41, 5.74) is 4.39. The zero-order valence-corrected chi connectivity index (χ0v) is 9.22. The Kier molecular flexibility index (Phi) is 3.51. The molecule has 0 saturated carbocycles. The Balaban J connectivity index is 2.09. The number of anilines is 1. The van der Waals surface area contributed by atoms with Gasteiger partial charge in [-0.3, -0.25) is 10.4 Å². The number of para-hydroxylation sites is 1. The second-order valence-corrected chi connectivity index (χ2v) is 3.45. The summed E-state index contributed by atoms with van der Waals surface area (Å²) in [5.74, 6) is 0. The smallest absolute Gasteiger partial charge is 0.174 e. The molecule has 0 amide bonds. The molecule has 0 spiro atoms. The number of aromatic nitrogens is 1. The molecule has 0 aliphatic carbocycles. The molecule has 0 unspecified atom stereocenters. The Labute approximate surface area is 98.8 Å². The van der Waals surface area contributed by atoms with Gasteiger partial charge in [-0.25, -0.2) is 0 Å². The maximum Gasteiger partial charge on any atom is 0.174 e. The average Bonchev–Trinajstić information content (AvgIpc) is 2.38. The van der Waals surface area contributed by atoms with Gasteiger partial charge in [-0.15, -0.1) is 0 Å². The predicted molar refractivity (Wildman–Crippen MR) is 66.7 cm³/mol. The molecule has 0 saturated heterocycles. The first kappa shape index (κ1) is 10.6. The third kappa shape index (κ3) is 2.81. The van der Waals surface area contributed by atoms with Crippen LogP contribution in [0.15, 0.2) is 59.8 Å². The molecule has 2 rings (SSSR count). The molecule has 0 aliphatic heterocycles. The summed E-state index contributed by atoms with van der Waals surface area (Å²) in [4.78, 5) is 4.09. The number of benzene rings is 1. The van der Waals surface area contributed by atoms with Gasteiger partial charge in [0.2, 0.25) is 0 Å². The number of hydrazone groups is 1. The van der Waals surface area contributed by atoms with Gasteiger partial charge in [0.25, 0.3) is 0 Å². The average molecular weight is 232 g/mol. The lowest BCUT2D eigenvalue weighted by Gasteiger charge is -2.00. The number of hydrogen-bond donors (Lipinski definition) is 1. The molecule has 1 heterocycles. The first-order chi connectivity index (χ1) is 7.86. The van der Waals surface area contributed by atoms with E-state index < -0.39 is 0 Å². The summed E-state index contributed by atoms with van der Waals surface area (Å²) in [7, 11) is 0. The molecule has 1 aromatic carbocycles. The topological polar surface area (TPSA) is 37.3 Å². The zero-order chi connectivity index (χ0) is 11.2. The largest absolute Gasteiger partial charge is 0.277 e. The van der Waals surface area contributed by atoms with Crippen LogP contribution in [0.25, 0.3) is 0 Å². The summed E-state index contributed by atoms with van der Waals surface area (Å²) in [6.45, 7) is 0. The van der Waals surface area contributed by atoms with E-state index in [9.17, 15) is 0 Å². The third-order valence-corrected chi connectivity index (χ3v) is 2.21. The summed E-state index contributed by atoms with van der Waals surface area (Å²) < 4.78 is 0. The normalized spacial score (nSPS) is 11.2. The molecule has 16 heavy (non-hydrogen) atoms. The third-order valence-electron chi connectivity index (χ3n) is 1.93. The van der Waals surface area contributed by atoms with E-state index in [1.807, 2.05) is 42.5 Å². The van der Waals surface area contributed by atoms with Crippen molar-refractivity contribution in [2.75, 3.05) is 5.43 Å². The molecule has 0 bridgehead atoms. The van der Waals surface area contributed by atoms with E-state index in [0.717, 1.165) is 5.69 Å². The molecule has 80 valence electrons. The lowest BCUT2D eigenvalue weighted by atomic mass is 10.3. The molecule has 0 fully saturated rings. The van der Waals surface area contributed by atoms with Gasteiger partial charge in [0, 0.05) is 6.20 Å². The molecule has 0 atom stereocenters. The monoisotopic (exact) mass is 231 g/mol. The molecule has 0 radical (unpaired) electrons. The summed E-state index contributed by atoms with van der Waals surface area (Å²) in [5, 5.41) is 4.37. The Morgan fingerprint density at radius 2 is 1.81 bits per heavy atom. The van der Waals surface area contributed by atoms with E-state index in [-0.39, 0.29) is 0 Å². The van der Waals surface area contributed by atoms with Crippen LogP contribution in [0.2, 0.25) is 0 Å². The predicted octanol–water partition coefficient (Wildman–Crippen LogP) is 3.09. The number of hydrogen-bond acceptors (Lipinski definition) is 3.